The van der Waals surface area contributed by atoms with Gasteiger partial charge in [-0.1, -0.05) is 85.8 Å². The van der Waals surface area contributed by atoms with E-state index in [1.165, 1.54) is 23.1 Å². The van der Waals surface area contributed by atoms with Crippen molar-refractivity contribution < 1.29 is 22.4 Å². The van der Waals surface area contributed by atoms with E-state index in [2.05, 4.69) is 5.32 Å². The van der Waals surface area contributed by atoms with Crippen molar-refractivity contribution in [3.05, 3.63) is 131 Å². The van der Waals surface area contributed by atoms with Crippen LogP contribution in [-0.2, 0) is 32.6 Å². The fourth-order valence-corrected chi connectivity index (χ4v) is 6.44. The molecule has 2 amide bonds. The van der Waals surface area contributed by atoms with Crippen molar-refractivity contribution in [2.24, 2.45) is 0 Å². The molecule has 4 rings (SSSR count). The number of hydrogen-bond acceptors (Lipinski definition) is 4. The summed E-state index contributed by atoms with van der Waals surface area (Å²) in [5, 5.41) is 2.89. The molecule has 0 aliphatic carbocycles. The van der Waals surface area contributed by atoms with Gasteiger partial charge in [-0.15, -0.1) is 0 Å². The molecule has 1 N–H and O–H groups in total. The smallest absolute Gasteiger partial charge is 0.264 e. The summed E-state index contributed by atoms with van der Waals surface area (Å²) in [6, 6.07) is 27.6. The van der Waals surface area contributed by atoms with E-state index in [0.717, 1.165) is 15.4 Å². The summed E-state index contributed by atoms with van der Waals surface area (Å²) in [5.74, 6) is -1.56. The largest absolute Gasteiger partial charge is 0.354 e. The maximum atomic E-state index is 15.0. The molecule has 0 unspecified atom stereocenters. The van der Waals surface area contributed by atoms with E-state index in [0.29, 0.717) is 24.2 Å². The first-order valence-corrected chi connectivity index (χ1v) is 16.1. The number of carbonyl (C=O) groups is 2. The Bertz CT molecular complexity index is 1680. The van der Waals surface area contributed by atoms with E-state index in [-0.39, 0.29) is 23.4 Å². The minimum atomic E-state index is -4.21. The van der Waals surface area contributed by atoms with Gasteiger partial charge in [0, 0.05) is 25.1 Å². The van der Waals surface area contributed by atoms with Crippen molar-refractivity contribution in [3.8, 4) is 0 Å². The van der Waals surface area contributed by atoms with E-state index in [9.17, 15) is 22.4 Å². The molecule has 4 aromatic rings. The van der Waals surface area contributed by atoms with Gasteiger partial charge in [-0.05, 0) is 61.2 Å². The lowest BCUT2D eigenvalue weighted by molar-refractivity contribution is -0.140. The van der Waals surface area contributed by atoms with Crippen molar-refractivity contribution in [2.75, 3.05) is 17.4 Å². The minimum Gasteiger partial charge on any atom is -0.354 e. The Hall–Kier alpha value is -4.50. The van der Waals surface area contributed by atoms with Crippen LogP contribution in [0.5, 0.6) is 0 Å². The number of sulfonamides is 1. The highest BCUT2D eigenvalue weighted by Crippen LogP contribution is 2.29. The Morgan fingerprint density at radius 2 is 1.50 bits per heavy atom. The second kappa shape index (κ2) is 14.8. The maximum absolute atomic E-state index is 15.0. The van der Waals surface area contributed by atoms with Crippen LogP contribution >= 0.6 is 0 Å². The molecule has 0 fully saturated rings. The number of amides is 2. The number of nitrogens with one attached hydrogen (secondary N) is 1. The van der Waals surface area contributed by atoms with Crippen LogP contribution in [0.25, 0.3) is 0 Å². The third-order valence-corrected chi connectivity index (χ3v) is 9.14. The van der Waals surface area contributed by atoms with Crippen molar-refractivity contribution in [1.82, 2.24) is 10.2 Å². The molecule has 1 atom stereocenters. The lowest BCUT2D eigenvalue weighted by Crippen LogP contribution is -2.53. The Kier molecular flexibility index (Phi) is 10.9. The minimum absolute atomic E-state index is 0.0240. The summed E-state index contributed by atoms with van der Waals surface area (Å²) in [6.07, 6.45) is 0.840. The summed E-state index contributed by atoms with van der Waals surface area (Å²) in [6.45, 7) is 5.11. The molecule has 7 nitrogen and oxygen atoms in total. The predicted octanol–water partition coefficient (Wildman–Crippen LogP) is 5.80. The van der Waals surface area contributed by atoms with Crippen LogP contribution in [0.15, 0.2) is 108 Å². The second-order valence-corrected chi connectivity index (χ2v) is 12.6. The van der Waals surface area contributed by atoms with Crippen LogP contribution in [0.3, 0.4) is 0 Å². The summed E-state index contributed by atoms with van der Waals surface area (Å²) < 4.78 is 44.3. The third kappa shape index (κ3) is 7.90. The molecule has 4 aromatic carbocycles. The topological polar surface area (TPSA) is 86.8 Å². The normalized spacial score (nSPS) is 11.9. The van der Waals surface area contributed by atoms with Crippen LogP contribution in [0.2, 0.25) is 0 Å². The summed E-state index contributed by atoms with van der Waals surface area (Å²) >= 11 is 0. The zero-order chi connectivity index (χ0) is 31.7. The molecule has 0 aromatic heterocycles. The molecule has 44 heavy (non-hydrogen) atoms. The molecule has 0 saturated heterocycles. The predicted molar refractivity (Wildman–Crippen MR) is 171 cm³/mol. The fraction of sp³-hybridized carbons (Fsp3) is 0.257. The number of anilines is 1. The van der Waals surface area contributed by atoms with Gasteiger partial charge in [-0.25, -0.2) is 12.8 Å². The highest BCUT2D eigenvalue weighted by atomic mass is 32.2. The average Bonchev–Trinajstić information content (AvgIpc) is 3.03. The SMILES string of the molecule is CCCNC(=O)[C@H](Cc1ccccc1)N(Cc1ccccc1F)C(=O)CN(c1cc(C)ccc1C)S(=O)(=O)c1ccccc1. The van der Waals surface area contributed by atoms with Crippen LogP contribution in [0.1, 0.15) is 35.6 Å². The zero-order valence-electron chi connectivity index (χ0n) is 25.2. The summed E-state index contributed by atoms with van der Waals surface area (Å²) in [4.78, 5) is 29.4. The van der Waals surface area contributed by atoms with E-state index >= 15 is 0 Å². The molecular weight excluding hydrogens is 577 g/mol. The quantitative estimate of drug-likeness (QED) is 0.206. The fourth-order valence-electron chi connectivity index (χ4n) is 4.95. The van der Waals surface area contributed by atoms with Crippen molar-refractivity contribution >= 4 is 27.5 Å². The van der Waals surface area contributed by atoms with Crippen molar-refractivity contribution in [2.45, 2.75) is 51.1 Å². The maximum Gasteiger partial charge on any atom is 0.264 e. The highest BCUT2D eigenvalue weighted by molar-refractivity contribution is 7.92. The second-order valence-electron chi connectivity index (χ2n) is 10.7. The first kappa shape index (κ1) is 32.4. The van der Waals surface area contributed by atoms with Crippen LogP contribution in [0, 0.1) is 19.7 Å². The first-order valence-electron chi connectivity index (χ1n) is 14.6. The number of halogens is 1. The van der Waals surface area contributed by atoms with Gasteiger partial charge < -0.3 is 10.2 Å². The van der Waals surface area contributed by atoms with Gasteiger partial charge in [0.1, 0.15) is 18.4 Å². The molecule has 0 aliphatic rings. The lowest BCUT2D eigenvalue weighted by Gasteiger charge is -2.34. The number of rotatable bonds is 13. The van der Waals surface area contributed by atoms with E-state index in [4.69, 9.17) is 0 Å². The van der Waals surface area contributed by atoms with Gasteiger partial charge in [0.25, 0.3) is 10.0 Å². The van der Waals surface area contributed by atoms with E-state index < -0.39 is 40.2 Å². The molecule has 0 heterocycles. The standard InChI is InChI=1S/C35H38FN3O4S/c1-4-21-37-35(41)33(23-28-13-7-5-8-14-28)38(24-29-15-11-12-18-31(29)36)34(40)25-39(32-22-26(2)19-20-27(32)3)44(42,43)30-16-9-6-10-17-30/h5-20,22,33H,4,21,23-25H2,1-3H3,(H,37,41)/t33-/m0/s1. The molecule has 0 radical (unpaired) electrons. The molecular formula is C35H38FN3O4S. The van der Waals surface area contributed by atoms with Crippen LogP contribution in [0.4, 0.5) is 10.1 Å². The van der Waals surface area contributed by atoms with Crippen molar-refractivity contribution in [3.63, 3.8) is 0 Å². The number of benzene rings is 4. The Morgan fingerprint density at radius 3 is 2.16 bits per heavy atom. The average molecular weight is 616 g/mol. The summed E-state index contributed by atoms with van der Waals surface area (Å²) in [5.41, 5.74) is 2.84. The first-order chi connectivity index (χ1) is 21.1. The number of carbonyl (C=O) groups excluding carboxylic acids is 2. The molecule has 0 aliphatic heterocycles. The third-order valence-electron chi connectivity index (χ3n) is 7.36. The summed E-state index contributed by atoms with van der Waals surface area (Å²) in [7, 11) is -4.21. The molecule has 230 valence electrons. The number of hydrogen-bond donors (Lipinski definition) is 1. The van der Waals surface area contributed by atoms with E-state index in [1.54, 1.807) is 55.5 Å². The lowest BCUT2D eigenvalue weighted by atomic mass is 10.0. The van der Waals surface area contributed by atoms with Gasteiger partial charge in [0.05, 0.1) is 10.6 Å². The molecule has 0 spiro atoms. The number of nitrogens with zero attached hydrogens (tertiary/aromatic N) is 2. The van der Waals surface area contributed by atoms with Gasteiger partial charge >= 0.3 is 0 Å². The molecule has 9 heteroatoms. The highest BCUT2D eigenvalue weighted by Gasteiger charge is 2.35. The van der Waals surface area contributed by atoms with Crippen LogP contribution < -0.4 is 9.62 Å². The van der Waals surface area contributed by atoms with Crippen LogP contribution in [-0.4, -0.2) is 44.3 Å². The van der Waals surface area contributed by atoms with Crippen molar-refractivity contribution in [1.29, 1.82) is 0 Å². The Morgan fingerprint density at radius 1 is 0.864 bits per heavy atom. The van der Waals surface area contributed by atoms with Gasteiger partial charge in [0.15, 0.2) is 0 Å². The van der Waals surface area contributed by atoms with Gasteiger partial charge in [-0.2, -0.15) is 0 Å². The molecule has 0 saturated carbocycles. The number of aryl methyl sites for hydroxylation is 2. The Labute approximate surface area is 259 Å². The van der Waals surface area contributed by atoms with Gasteiger partial charge in [0.2, 0.25) is 11.8 Å². The van der Waals surface area contributed by atoms with E-state index in [1.807, 2.05) is 50.2 Å². The van der Waals surface area contributed by atoms with Gasteiger partial charge in [-0.3, -0.25) is 13.9 Å². The Balaban J connectivity index is 1.83. The molecule has 0 bridgehead atoms. The zero-order valence-corrected chi connectivity index (χ0v) is 26.1. The monoisotopic (exact) mass is 615 g/mol.